The van der Waals surface area contributed by atoms with Crippen LogP contribution in [0.3, 0.4) is 0 Å². The summed E-state index contributed by atoms with van der Waals surface area (Å²) in [5, 5.41) is 6.68. The molecule has 7 heteroatoms. The fourth-order valence-electron chi connectivity index (χ4n) is 2.45. The third-order valence-corrected chi connectivity index (χ3v) is 5.28. The quantitative estimate of drug-likeness (QED) is 0.881. The van der Waals surface area contributed by atoms with Crippen LogP contribution in [0.4, 0.5) is 5.69 Å². The van der Waals surface area contributed by atoms with Crippen LogP contribution in [-0.4, -0.2) is 23.4 Å². The lowest BCUT2D eigenvalue weighted by molar-refractivity contribution is -0.118. The predicted molar refractivity (Wildman–Crippen MR) is 97.3 cm³/mol. The lowest BCUT2D eigenvalue weighted by Crippen LogP contribution is -2.27. The van der Waals surface area contributed by atoms with Gasteiger partial charge in [-0.15, -0.1) is 11.3 Å². The fourth-order valence-corrected chi connectivity index (χ4v) is 3.32. The largest absolute Gasteiger partial charge is 0.482 e. The molecule has 1 aromatic heterocycles. The van der Waals surface area contributed by atoms with Crippen molar-refractivity contribution in [3.8, 4) is 5.75 Å². The lowest BCUT2D eigenvalue weighted by Gasteiger charge is -2.20. The molecule has 6 nitrogen and oxygen atoms in total. The van der Waals surface area contributed by atoms with Gasteiger partial charge in [0.25, 0.3) is 11.8 Å². The first-order chi connectivity index (χ1) is 11.7. The summed E-state index contributed by atoms with van der Waals surface area (Å²) in [6.45, 7) is 8.13. The number of amides is 2. The second-order valence-electron chi connectivity index (χ2n) is 7.07. The molecule has 1 atom stereocenters. The number of nitrogens with one attached hydrogen (secondary N) is 2. The van der Waals surface area contributed by atoms with Gasteiger partial charge in [-0.05, 0) is 24.6 Å². The third-order valence-electron chi connectivity index (χ3n) is 3.86. The highest BCUT2D eigenvalue weighted by molar-refractivity contribution is 7.13. The standard InChI is InChI=1S/C18H21N3O3S/c1-10(11-5-6-13-12(7-11)21-15(22)9-24-13)20-16(23)14-8-19-17(25-14)18(2,3)4/h5-8,10H,9H2,1-4H3,(H,20,23)(H,21,22). The topological polar surface area (TPSA) is 80.3 Å². The Labute approximate surface area is 150 Å². The summed E-state index contributed by atoms with van der Waals surface area (Å²) >= 11 is 1.41. The number of benzene rings is 1. The van der Waals surface area contributed by atoms with Crippen molar-refractivity contribution in [3.05, 3.63) is 39.8 Å². The molecule has 1 aliphatic heterocycles. The summed E-state index contributed by atoms with van der Waals surface area (Å²) in [5.41, 5.74) is 1.44. The van der Waals surface area contributed by atoms with E-state index < -0.39 is 0 Å². The van der Waals surface area contributed by atoms with E-state index >= 15 is 0 Å². The molecule has 1 aliphatic rings. The monoisotopic (exact) mass is 359 g/mol. The van der Waals surface area contributed by atoms with E-state index in [9.17, 15) is 9.59 Å². The summed E-state index contributed by atoms with van der Waals surface area (Å²) in [4.78, 5) is 28.9. The van der Waals surface area contributed by atoms with E-state index in [0.717, 1.165) is 10.6 Å². The summed E-state index contributed by atoms with van der Waals surface area (Å²) < 4.78 is 5.35. The molecule has 0 fully saturated rings. The minimum absolute atomic E-state index is 0.0279. The molecule has 1 unspecified atom stereocenters. The molecule has 132 valence electrons. The SMILES string of the molecule is CC(NC(=O)c1cnc(C(C)(C)C)s1)c1ccc2c(c1)NC(=O)CO2. The Bertz CT molecular complexity index is 823. The minimum atomic E-state index is -0.211. The molecule has 0 saturated carbocycles. The maximum atomic E-state index is 12.5. The number of aromatic nitrogens is 1. The highest BCUT2D eigenvalue weighted by Crippen LogP contribution is 2.31. The number of rotatable bonds is 3. The van der Waals surface area contributed by atoms with Crippen molar-refractivity contribution >= 4 is 28.8 Å². The molecular weight excluding hydrogens is 338 g/mol. The highest BCUT2D eigenvalue weighted by Gasteiger charge is 2.22. The number of nitrogens with zero attached hydrogens (tertiary/aromatic N) is 1. The molecule has 0 aliphatic carbocycles. The number of fused-ring (bicyclic) bond motifs is 1. The van der Waals surface area contributed by atoms with Gasteiger partial charge in [-0.1, -0.05) is 26.8 Å². The molecule has 25 heavy (non-hydrogen) atoms. The number of carbonyl (C=O) groups is 2. The summed E-state index contributed by atoms with van der Waals surface area (Å²) in [5.74, 6) is 0.304. The number of hydrogen-bond donors (Lipinski definition) is 2. The Hall–Kier alpha value is -2.41. The zero-order valence-corrected chi connectivity index (χ0v) is 15.5. The van der Waals surface area contributed by atoms with Crippen molar-refractivity contribution in [2.45, 2.75) is 39.2 Å². The van der Waals surface area contributed by atoms with Gasteiger partial charge in [0.15, 0.2) is 6.61 Å². The maximum absolute atomic E-state index is 12.5. The Morgan fingerprint density at radius 3 is 2.84 bits per heavy atom. The number of ether oxygens (including phenoxy) is 1. The van der Waals surface area contributed by atoms with Gasteiger partial charge in [0.2, 0.25) is 0 Å². The van der Waals surface area contributed by atoms with Crippen LogP contribution in [-0.2, 0) is 10.2 Å². The molecule has 2 heterocycles. The van der Waals surface area contributed by atoms with Crippen molar-refractivity contribution in [3.63, 3.8) is 0 Å². The Balaban J connectivity index is 1.72. The second-order valence-corrected chi connectivity index (χ2v) is 8.10. The van der Waals surface area contributed by atoms with E-state index in [1.807, 2.05) is 19.1 Å². The minimum Gasteiger partial charge on any atom is -0.482 e. The van der Waals surface area contributed by atoms with Gasteiger partial charge in [0.1, 0.15) is 10.6 Å². The van der Waals surface area contributed by atoms with Gasteiger partial charge in [0, 0.05) is 5.41 Å². The molecule has 0 radical (unpaired) electrons. The first-order valence-corrected chi connectivity index (χ1v) is 8.89. The van der Waals surface area contributed by atoms with E-state index in [-0.39, 0.29) is 29.9 Å². The first kappa shape index (κ1) is 17.4. The van der Waals surface area contributed by atoms with E-state index in [1.54, 1.807) is 12.3 Å². The summed E-state index contributed by atoms with van der Waals surface area (Å²) in [7, 11) is 0. The van der Waals surface area contributed by atoms with Crippen LogP contribution in [0.2, 0.25) is 0 Å². The molecule has 0 spiro atoms. The average molecular weight is 359 g/mol. The summed E-state index contributed by atoms with van der Waals surface area (Å²) in [6.07, 6.45) is 1.62. The van der Waals surface area contributed by atoms with Crippen LogP contribution in [0.25, 0.3) is 0 Å². The lowest BCUT2D eigenvalue weighted by atomic mass is 9.98. The number of hydrogen-bond acceptors (Lipinski definition) is 5. The van der Waals surface area contributed by atoms with Crippen LogP contribution >= 0.6 is 11.3 Å². The van der Waals surface area contributed by atoms with Crippen molar-refractivity contribution in [1.29, 1.82) is 0 Å². The number of anilines is 1. The van der Waals surface area contributed by atoms with Crippen LogP contribution in [0.1, 0.15) is 54.0 Å². The van der Waals surface area contributed by atoms with E-state index in [4.69, 9.17) is 4.74 Å². The van der Waals surface area contributed by atoms with Gasteiger partial charge < -0.3 is 15.4 Å². The molecule has 0 saturated heterocycles. The Morgan fingerprint density at radius 1 is 1.40 bits per heavy atom. The zero-order valence-electron chi connectivity index (χ0n) is 14.7. The van der Waals surface area contributed by atoms with Crippen LogP contribution in [0, 0.1) is 0 Å². The van der Waals surface area contributed by atoms with Crippen molar-refractivity contribution in [2.24, 2.45) is 0 Å². The molecule has 2 N–H and O–H groups in total. The molecule has 2 amide bonds. The molecule has 0 bridgehead atoms. The molecule has 3 rings (SSSR count). The van der Waals surface area contributed by atoms with Crippen LogP contribution in [0.5, 0.6) is 5.75 Å². The van der Waals surface area contributed by atoms with Gasteiger partial charge in [-0.2, -0.15) is 0 Å². The molecular formula is C18H21N3O3S. The average Bonchev–Trinajstić information content (AvgIpc) is 3.04. The van der Waals surface area contributed by atoms with E-state index in [2.05, 4.69) is 36.4 Å². The van der Waals surface area contributed by atoms with Gasteiger partial charge >= 0.3 is 0 Å². The maximum Gasteiger partial charge on any atom is 0.263 e. The smallest absolute Gasteiger partial charge is 0.263 e. The van der Waals surface area contributed by atoms with E-state index in [1.165, 1.54) is 11.3 Å². The predicted octanol–water partition coefficient (Wildman–Crippen LogP) is 3.26. The summed E-state index contributed by atoms with van der Waals surface area (Å²) in [6, 6.07) is 5.30. The van der Waals surface area contributed by atoms with Gasteiger partial charge in [0.05, 0.1) is 22.9 Å². The van der Waals surface area contributed by atoms with Crippen LogP contribution in [0.15, 0.2) is 24.4 Å². The van der Waals surface area contributed by atoms with Gasteiger partial charge in [-0.25, -0.2) is 4.98 Å². The van der Waals surface area contributed by atoms with E-state index in [0.29, 0.717) is 16.3 Å². The van der Waals surface area contributed by atoms with Crippen LogP contribution < -0.4 is 15.4 Å². The van der Waals surface area contributed by atoms with Crippen molar-refractivity contribution < 1.29 is 14.3 Å². The zero-order chi connectivity index (χ0) is 18.2. The van der Waals surface area contributed by atoms with Crippen molar-refractivity contribution in [1.82, 2.24) is 10.3 Å². The normalized spacial score (nSPS) is 15.0. The first-order valence-electron chi connectivity index (χ1n) is 8.08. The molecule has 1 aromatic carbocycles. The number of thiazole rings is 1. The number of carbonyl (C=O) groups excluding carboxylic acids is 2. The Morgan fingerprint density at radius 2 is 2.16 bits per heavy atom. The van der Waals surface area contributed by atoms with Gasteiger partial charge in [-0.3, -0.25) is 9.59 Å². The Kier molecular flexibility index (Phi) is 4.51. The highest BCUT2D eigenvalue weighted by atomic mass is 32.1. The fraction of sp³-hybridized carbons (Fsp3) is 0.389. The second kappa shape index (κ2) is 6.48. The van der Waals surface area contributed by atoms with Crippen molar-refractivity contribution in [2.75, 3.05) is 11.9 Å². The third kappa shape index (κ3) is 3.82. The molecule has 2 aromatic rings.